The summed E-state index contributed by atoms with van der Waals surface area (Å²) in [7, 11) is 0. The van der Waals surface area contributed by atoms with Crippen molar-refractivity contribution < 1.29 is 14.6 Å². The molecule has 1 heterocycles. The van der Waals surface area contributed by atoms with Crippen LogP contribution in [0.2, 0.25) is 5.02 Å². The van der Waals surface area contributed by atoms with Crippen molar-refractivity contribution in [1.29, 1.82) is 0 Å². The summed E-state index contributed by atoms with van der Waals surface area (Å²) in [6, 6.07) is 9.12. The maximum absolute atomic E-state index is 12.4. The summed E-state index contributed by atoms with van der Waals surface area (Å²) in [5.74, 6) is 0.0648. The SMILES string of the molecule is CCc1c(-c2ccc(O)cc2Cl)c(=O)oc2cc(O)ccc12. The minimum absolute atomic E-state index is 0.0295. The molecule has 0 aliphatic rings. The molecule has 0 spiro atoms. The Bertz CT molecular complexity index is 928. The molecule has 2 aromatic carbocycles. The molecule has 0 bridgehead atoms. The Balaban J connectivity index is 2.41. The first-order valence-electron chi connectivity index (χ1n) is 6.79. The summed E-state index contributed by atoms with van der Waals surface area (Å²) < 4.78 is 5.32. The summed E-state index contributed by atoms with van der Waals surface area (Å²) in [5, 5.41) is 20.0. The van der Waals surface area contributed by atoms with E-state index in [4.69, 9.17) is 16.0 Å². The minimum Gasteiger partial charge on any atom is -0.508 e. The van der Waals surface area contributed by atoms with Crippen LogP contribution in [0.1, 0.15) is 12.5 Å². The Morgan fingerprint density at radius 2 is 1.77 bits per heavy atom. The number of rotatable bonds is 2. The smallest absolute Gasteiger partial charge is 0.344 e. The van der Waals surface area contributed by atoms with Crippen molar-refractivity contribution in [2.45, 2.75) is 13.3 Å². The summed E-state index contributed by atoms with van der Waals surface area (Å²) >= 11 is 6.16. The number of aryl methyl sites for hydroxylation is 1. The van der Waals surface area contributed by atoms with Crippen LogP contribution in [-0.2, 0) is 6.42 Å². The number of phenolic OH excluding ortho intramolecular Hbond substituents is 2. The second-order valence-electron chi connectivity index (χ2n) is 4.94. The first kappa shape index (κ1) is 14.5. The van der Waals surface area contributed by atoms with Gasteiger partial charge in [-0.1, -0.05) is 18.5 Å². The molecule has 0 fully saturated rings. The largest absolute Gasteiger partial charge is 0.508 e. The van der Waals surface area contributed by atoms with E-state index in [0.717, 1.165) is 10.9 Å². The molecule has 0 aliphatic carbocycles. The van der Waals surface area contributed by atoms with Crippen molar-refractivity contribution in [2.24, 2.45) is 0 Å². The zero-order chi connectivity index (χ0) is 15.9. The first-order valence-corrected chi connectivity index (χ1v) is 7.16. The maximum atomic E-state index is 12.4. The number of hydrogen-bond donors (Lipinski definition) is 2. The molecular formula is C17H13ClO4. The zero-order valence-corrected chi connectivity index (χ0v) is 12.5. The van der Waals surface area contributed by atoms with E-state index in [1.165, 1.54) is 18.2 Å². The number of phenols is 2. The third-order valence-corrected chi connectivity index (χ3v) is 3.89. The van der Waals surface area contributed by atoms with Crippen molar-refractivity contribution in [1.82, 2.24) is 0 Å². The van der Waals surface area contributed by atoms with Crippen molar-refractivity contribution in [3.63, 3.8) is 0 Å². The predicted molar refractivity (Wildman–Crippen MR) is 85.6 cm³/mol. The highest BCUT2D eigenvalue weighted by molar-refractivity contribution is 6.33. The van der Waals surface area contributed by atoms with Crippen molar-refractivity contribution >= 4 is 22.6 Å². The molecule has 22 heavy (non-hydrogen) atoms. The quantitative estimate of drug-likeness (QED) is 0.699. The lowest BCUT2D eigenvalue weighted by Gasteiger charge is -2.11. The fourth-order valence-electron chi connectivity index (χ4n) is 2.60. The van der Waals surface area contributed by atoms with Gasteiger partial charge in [0.2, 0.25) is 0 Å². The van der Waals surface area contributed by atoms with E-state index >= 15 is 0 Å². The standard InChI is InChI=1S/C17H13ClO4/c1-2-11-12-5-3-10(20)8-15(12)22-17(21)16(11)13-6-4-9(19)7-14(13)18/h3-8,19-20H,2H2,1H3. The number of benzene rings is 2. The molecule has 5 heteroatoms. The van der Waals surface area contributed by atoms with Gasteiger partial charge in [-0.3, -0.25) is 0 Å². The molecule has 0 atom stereocenters. The van der Waals surface area contributed by atoms with E-state index < -0.39 is 5.63 Å². The second-order valence-corrected chi connectivity index (χ2v) is 5.35. The van der Waals surface area contributed by atoms with Crippen molar-refractivity contribution in [3.8, 4) is 22.6 Å². The highest BCUT2D eigenvalue weighted by Gasteiger charge is 2.18. The molecule has 0 aliphatic heterocycles. The molecule has 0 saturated heterocycles. The molecule has 112 valence electrons. The molecule has 0 amide bonds. The van der Waals surface area contributed by atoms with E-state index in [-0.39, 0.29) is 16.5 Å². The van der Waals surface area contributed by atoms with E-state index in [1.54, 1.807) is 18.2 Å². The molecule has 1 aromatic heterocycles. The molecule has 4 nitrogen and oxygen atoms in total. The molecular weight excluding hydrogens is 304 g/mol. The van der Waals surface area contributed by atoms with Crippen LogP contribution in [0, 0.1) is 0 Å². The van der Waals surface area contributed by atoms with Gasteiger partial charge >= 0.3 is 5.63 Å². The lowest BCUT2D eigenvalue weighted by atomic mass is 9.96. The van der Waals surface area contributed by atoms with Gasteiger partial charge < -0.3 is 14.6 Å². The monoisotopic (exact) mass is 316 g/mol. The molecule has 3 aromatic rings. The Kier molecular flexibility index (Phi) is 3.54. The Morgan fingerprint density at radius 1 is 1.09 bits per heavy atom. The lowest BCUT2D eigenvalue weighted by molar-refractivity contribution is 0.472. The van der Waals surface area contributed by atoms with Gasteiger partial charge in [0.15, 0.2) is 0 Å². The normalized spacial score (nSPS) is 11.0. The van der Waals surface area contributed by atoms with E-state index in [1.807, 2.05) is 6.92 Å². The van der Waals surface area contributed by atoms with Crippen molar-refractivity contribution in [2.75, 3.05) is 0 Å². The molecule has 0 unspecified atom stereocenters. The zero-order valence-electron chi connectivity index (χ0n) is 11.8. The fraction of sp³-hybridized carbons (Fsp3) is 0.118. The van der Waals surface area contributed by atoms with Crippen LogP contribution in [0.25, 0.3) is 22.1 Å². The van der Waals surface area contributed by atoms with E-state index in [0.29, 0.717) is 23.1 Å². The van der Waals surface area contributed by atoms with Crippen LogP contribution in [0.4, 0.5) is 0 Å². The molecule has 0 saturated carbocycles. The van der Waals surface area contributed by atoms with E-state index in [9.17, 15) is 15.0 Å². The first-order chi connectivity index (χ1) is 10.5. The average Bonchev–Trinajstić information content (AvgIpc) is 2.46. The van der Waals surface area contributed by atoms with Crippen LogP contribution in [0.3, 0.4) is 0 Å². The highest BCUT2D eigenvalue weighted by Crippen LogP contribution is 2.34. The van der Waals surface area contributed by atoms with Gasteiger partial charge in [0.25, 0.3) is 0 Å². The van der Waals surface area contributed by atoms with Crippen LogP contribution in [-0.4, -0.2) is 10.2 Å². The molecule has 3 rings (SSSR count). The van der Waals surface area contributed by atoms with Crippen LogP contribution in [0.15, 0.2) is 45.6 Å². The van der Waals surface area contributed by atoms with Crippen molar-refractivity contribution in [3.05, 3.63) is 57.4 Å². The fourth-order valence-corrected chi connectivity index (χ4v) is 2.87. The molecule has 2 N–H and O–H groups in total. The number of aromatic hydroxyl groups is 2. The Hall–Kier alpha value is -2.46. The van der Waals surface area contributed by atoms with Gasteiger partial charge in [0.05, 0.1) is 10.6 Å². The van der Waals surface area contributed by atoms with Gasteiger partial charge in [-0.2, -0.15) is 0 Å². The summed E-state index contributed by atoms with van der Waals surface area (Å²) in [5.41, 5.74) is 1.49. The number of halogens is 1. The van der Waals surface area contributed by atoms with Crippen LogP contribution in [0.5, 0.6) is 11.5 Å². The lowest BCUT2D eigenvalue weighted by Crippen LogP contribution is -2.08. The van der Waals surface area contributed by atoms with Crippen LogP contribution < -0.4 is 5.63 Å². The van der Waals surface area contributed by atoms with Gasteiger partial charge in [-0.15, -0.1) is 0 Å². The van der Waals surface area contributed by atoms with Crippen LogP contribution >= 0.6 is 11.6 Å². The third kappa shape index (κ3) is 2.31. The topological polar surface area (TPSA) is 70.7 Å². The highest BCUT2D eigenvalue weighted by atomic mass is 35.5. The van der Waals surface area contributed by atoms with E-state index in [2.05, 4.69) is 0 Å². The van der Waals surface area contributed by atoms with Gasteiger partial charge in [0.1, 0.15) is 17.1 Å². The number of fused-ring (bicyclic) bond motifs is 1. The summed E-state index contributed by atoms with van der Waals surface area (Å²) in [4.78, 5) is 12.4. The van der Waals surface area contributed by atoms with Gasteiger partial charge in [-0.05, 0) is 42.3 Å². The molecule has 0 radical (unpaired) electrons. The summed E-state index contributed by atoms with van der Waals surface area (Å²) in [6.45, 7) is 1.93. The summed E-state index contributed by atoms with van der Waals surface area (Å²) in [6.07, 6.45) is 0.597. The Morgan fingerprint density at radius 3 is 2.45 bits per heavy atom. The Labute approximate surface area is 131 Å². The average molecular weight is 317 g/mol. The second kappa shape index (κ2) is 5.39. The third-order valence-electron chi connectivity index (χ3n) is 3.57. The van der Waals surface area contributed by atoms with Gasteiger partial charge in [-0.25, -0.2) is 4.79 Å². The number of hydrogen-bond acceptors (Lipinski definition) is 4. The maximum Gasteiger partial charge on any atom is 0.344 e. The predicted octanol–water partition coefficient (Wildman–Crippen LogP) is 4.09. The van der Waals surface area contributed by atoms with Gasteiger partial charge in [0, 0.05) is 17.0 Å². The minimum atomic E-state index is -0.525.